The molecule has 1 aromatic heterocycles. The molecule has 0 bridgehead atoms. The molecule has 27 heavy (non-hydrogen) atoms. The Morgan fingerprint density at radius 2 is 2.07 bits per heavy atom. The Bertz CT molecular complexity index is 837. The van der Waals surface area contributed by atoms with Crippen LogP contribution in [-0.4, -0.2) is 38.2 Å². The molecule has 7 heteroatoms. The Labute approximate surface area is 159 Å². The summed E-state index contributed by atoms with van der Waals surface area (Å²) in [6.45, 7) is 3.99. The molecule has 1 saturated carbocycles. The van der Waals surface area contributed by atoms with Gasteiger partial charge in [-0.15, -0.1) is 10.2 Å². The zero-order valence-electron chi connectivity index (χ0n) is 16.1. The molecule has 0 atom stereocenters. The lowest BCUT2D eigenvalue weighted by molar-refractivity contribution is 0.368. The van der Waals surface area contributed by atoms with Crippen LogP contribution in [0.25, 0.3) is 0 Å². The summed E-state index contributed by atoms with van der Waals surface area (Å²) in [6, 6.07) is 5.59. The fourth-order valence-corrected chi connectivity index (χ4v) is 3.93. The van der Waals surface area contributed by atoms with E-state index in [-0.39, 0.29) is 5.82 Å². The van der Waals surface area contributed by atoms with E-state index in [1.165, 1.54) is 31.2 Å². The van der Waals surface area contributed by atoms with Crippen LogP contribution in [0.4, 0.5) is 4.39 Å². The first-order chi connectivity index (χ1) is 13.1. The number of benzene rings is 1. The Kier molecular flexibility index (Phi) is 5.09. The molecule has 1 aliphatic carbocycles. The van der Waals surface area contributed by atoms with Crippen molar-refractivity contribution < 1.29 is 4.39 Å². The van der Waals surface area contributed by atoms with Gasteiger partial charge in [-0.2, -0.15) is 0 Å². The highest BCUT2D eigenvalue weighted by Crippen LogP contribution is 2.22. The second-order valence-corrected chi connectivity index (χ2v) is 7.57. The van der Waals surface area contributed by atoms with Crippen molar-refractivity contribution in [3.8, 4) is 0 Å². The molecule has 0 spiro atoms. The van der Waals surface area contributed by atoms with Gasteiger partial charge in [0.2, 0.25) is 0 Å². The Morgan fingerprint density at radius 3 is 2.81 bits per heavy atom. The molecule has 0 amide bonds. The minimum Gasteiger partial charge on any atom is -0.353 e. The van der Waals surface area contributed by atoms with E-state index in [4.69, 9.17) is 4.99 Å². The number of guanidine groups is 1. The first-order valence-corrected chi connectivity index (χ1v) is 9.78. The lowest BCUT2D eigenvalue weighted by atomic mass is 10.00. The van der Waals surface area contributed by atoms with E-state index < -0.39 is 0 Å². The van der Waals surface area contributed by atoms with Gasteiger partial charge >= 0.3 is 0 Å². The molecule has 2 aromatic rings. The fraction of sp³-hybridized carbons (Fsp3) is 0.550. The maximum Gasteiger partial charge on any atom is 0.194 e. The van der Waals surface area contributed by atoms with Crippen LogP contribution in [-0.2, 0) is 26.6 Å². The summed E-state index contributed by atoms with van der Waals surface area (Å²) in [5, 5.41) is 12.0. The first-order valence-electron chi connectivity index (χ1n) is 9.78. The highest BCUT2D eigenvalue weighted by molar-refractivity contribution is 5.80. The molecular weight excluding hydrogens is 343 g/mol. The fourth-order valence-electron chi connectivity index (χ4n) is 3.93. The molecule has 2 heterocycles. The van der Waals surface area contributed by atoms with Crippen LogP contribution in [0, 0.1) is 12.7 Å². The molecule has 1 aliphatic heterocycles. The van der Waals surface area contributed by atoms with Crippen LogP contribution < -0.4 is 5.32 Å². The second-order valence-electron chi connectivity index (χ2n) is 7.57. The number of hydrogen-bond acceptors (Lipinski definition) is 3. The Hall–Kier alpha value is -2.44. The van der Waals surface area contributed by atoms with Crippen molar-refractivity contribution in [3.63, 3.8) is 0 Å². The summed E-state index contributed by atoms with van der Waals surface area (Å²) in [7, 11) is 1.96. The topological polar surface area (TPSA) is 58.3 Å². The Balaban J connectivity index is 1.55. The number of rotatable bonds is 3. The van der Waals surface area contributed by atoms with E-state index in [0.717, 1.165) is 36.1 Å². The number of hydrogen-bond donors (Lipinski definition) is 1. The summed E-state index contributed by atoms with van der Waals surface area (Å²) < 4.78 is 15.7. The lowest BCUT2D eigenvalue weighted by Gasteiger charge is -2.33. The number of fused-ring (bicyclic) bond motifs is 1. The monoisotopic (exact) mass is 370 g/mol. The van der Waals surface area contributed by atoms with Crippen LogP contribution in [0.1, 0.15) is 48.5 Å². The predicted octanol–water partition coefficient (Wildman–Crippen LogP) is 2.71. The number of aliphatic imine (C=N–C) groups is 1. The van der Waals surface area contributed by atoms with Crippen LogP contribution in [0.2, 0.25) is 0 Å². The zero-order chi connectivity index (χ0) is 18.8. The SMILES string of the molecule is Cc1nnc(CN=C(NC2CCCC2)N2CCc3ccc(F)cc3C2)n1C. The number of halogens is 1. The zero-order valence-corrected chi connectivity index (χ0v) is 16.1. The van der Waals surface area contributed by atoms with Crippen LogP contribution >= 0.6 is 0 Å². The third kappa shape index (κ3) is 3.96. The number of nitrogens with one attached hydrogen (secondary N) is 1. The first kappa shape index (κ1) is 17.9. The molecule has 0 unspecified atom stereocenters. The summed E-state index contributed by atoms with van der Waals surface area (Å²) in [5.41, 5.74) is 2.29. The molecular formula is C20H27FN6. The quantitative estimate of drug-likeness (QED) is 0.667. The minimum atomic E-state index is -0.174. The molecule has 1 fully saturated rings. The summed E-state index contributed by atoms with van der Waals surface area (Å²) in [4.78, 5) is 7.10. The van der Waals surface area contributed by atoms with E-state index in [1.54, 1.807) is 12.1 Å². The lowest BCUT2D eigenvalue weighted by Crippen LogP contribution is -2.47. The van der Waals surface area contributed by atoms with Crippen LogP contribution in [0.5, 0.6) is 0 Å². The number of aromatic nitrogens is 3. The largest absolute Gasteiger partial charge is 0.353 e. The maximum atomic E-state index is 13.7. The van der Waals surface area contributed by atoms with Crippen LogP contribution in [0.15, 0.2) is 23.2 Å². The van der Waals surface area contributed by atoms with Gasteiger partial charge in [-0.3, -0.25) is 0 Å². The van der Waals surface area contributed by atoms with Gasteiger partial charge in [-0.05, 0) is 49.4 Å². The van der Waals surface area contributed by atoms with Crippen molar-refractivity contribution in [1.29, 1.82) is 0 Å². The molecule has 4 rings (SSSR count). The van der Waals surface area contributed by atoms with Crippen molar-refractivity contribution in [2.75, 3.05) is 6.54 Å². The highest BCUT2D eigenvalue weighted by atomic mass is 19.1. The van der Waals surface area contributed by atoms with Crippen molar-refractivity contribution in [3.05, 3.63) is 46.8 Å². The standard InChI is InChI=1S/C20H27FN6/c1-14-24-25-19(26(14)2)12-22-20(23-18-5-3-4-6-18)27-10-9-15-7-8-17(21)11-16(15)13-27/h7-8,11,18H,3-6,9-10,12-13H2,1-2H3,(H,22,23). The van der Waals surface area contributed by atoms with E-state index in [9.17, 15) is 4.39 Å². The summed E-state index contributed by atoms with van der Waals surface area (Å²) in [5.74, 6) is 2.46. The smallest absolute Gasteiger partial charge is 0.194 e. The number of nitrogens with zero attached hydrogens (tertiary/aromatic N) is 5. The van der Waals surface area contributed by atoms with E-state index in [2.05, 4.69) is 20.4 Å². The average Bonchev–Trinajstić information content (AvgIpc) is 3.29. The van der Waals surface area contributed by atoms with Crippen molar-refractivity contribution >= 4 is 5.96 Å². The molecule has 1 aromatic carbocycles. The van der Waals surface area contributed by atoms with E-state index >= 15 is 0 Å². The Morgan fingerprint density at radius 1 is 1.26 bits per heavy atom. The molecule has 1 N–H and O–H groups in total. The van der Waals surface area contributed by atoms with E-state index in [0.29, 0.717) is 19.1 Å². The van der Waals surface area contributed by atoms with Crippen LogP contribution in [0.3, 0.4) is 0 Å². The van der Waals surface area contributed by atoms with Gasteiger partial charge in [-0.1, -0.05) is 18.9 Å². The van der Waals surface area contributed by atoms with E-state index in [1.807, 2.05) is 24.6 Å². The van der Waals surface area contributed by atoms with Gasteiger partial charge in [-0.25, -0.2) is 9.38 Å². The molecule has 144 valence electrons. The van der Waals surface area contributed by atoms with Gasteiger partial charge in [0.05, 0.1) is 0 Å². The molecule has 6 nitrogen and oxygen atoms in total. The molecule has 0 saturated heterocycles. The molecule has 0 radical (unpaired) electrons. The van der Waals surface area contributed by atoms with Crippen molar-refractivity contribution in [1.82, 2.24) is 25.0 Å². The molecule has 2 aliphatic rings. The van der Waals surface area contributed by atoms with Crippen molar-refractivity contribution in [2.24, 2.45) is 12.0 Å². The average molecular weight is 370 g/mol. The van der Waals surface area contributed by atoms with Gasteiger partial charge in [0.15, 0.2) is 11.8 Å². The normalized spacial score (nSPS) is 18.0. The number of aryl methyl sites for hydroxylation is 1. The van der Waals surface area contributed by atoms with Gasteiger partial charge in [0, 0.05) is 26.2 Å². The maximum absolute atomic E-state index is 13.7. The van der Waals surface area contributed by atoms with Crippen molar-refractivity contribution in [2.45, 2.75) is 58.2 Å². The van der Waals surface area contributed by atoms with Gasteiger partial charge in [0.1, 0.15) is 18.2 Å². The highest BCUT2D eigenvalue weighted by Gasteiger charge is 2.23. The van der Waals surface area contributed by atoms with Gasteiger partial charge < -0.3 is 14.8 Å². The second kappa shape index (κ2) is 7.66. The third-order valence-electron chi connectivity index (χ3n) is 5.72. The predicted molar refractivity (Wildman–Crippen MR) is 103 cm³/mol. The summed E-state index contributed by atoms with van der Waals surface area (Å²) >= 11 is 0. The third-order valence-corrected chi connectivity index (χ3v) is 5.72. The minimum absolute atomic E-state index is 0.174. The van der Waals surface area contributed by atoms with Gasteiger partial charge in [0.25, 0.3) is 0 Å². The summed E-state index contributed by atoms with van der Waals surface area (Å²) in [6.07, 6.45) is 5.80.